The summed E-state index contributed by atoms with van der Waals surface area (Å²) in [4.78, 5) is 6.76. The zero-order chi connectivity index (χ0) is 15.8. The van der Waals surface area contributed by atoms with Crippen LogP contribution < -0.4 is 5.32 Å². The molecule has 0 rings (SSSR count). The first kappa shape index (κ1) is 23.9. The van der Waals surface area contributed by atoms with Crippen LogP contribution in [0.4, 0.5) is 0 Å². The number of hydrogen-bond donors (Lipinski definition) is 1. The second-order valence-electron chi connectivity index (χ2n) is 4.90. The number of nitrogens with zero attached hydrogens (tertiary/aromatic N) is 2. The molecular weight excluding hydrogens is 393 g/mol. The van der Waals surface area contributed by atoms with E-state index in [1.54, 1.807) is 7.11 Å². The Morgan fingerprint density at radius 2 is 2.00 bits per heavy atom. The molecule has 22 heavy (non-hydrogen) atoms. The number of hydrogen-bond acceptors (Lipinski definition) is 3. The molecule has 0 aliphatic rings. The molecule has 0 unspecified atom stereocenters. The molecule has 0 aromatic heterocycles. The first-order valence-electron chi connectivity index (χ1n) is 7.93. The largest absolute Gasteiger partial charge is 0.382 e. The molecule has 0 saturated heterocycles. The van der Waals surface area contributed by atoms with Gasteiger partial charge in [0.2, 0.25) is 0 Å². The Morgan fingerprint density at radius 1 is 1.23 bits per heavy atom. The van der Waals surface area contributed by atoms with Gasteiger partial charge in [-0.1, -0.05) is 12.5 Å². The predicted octanol–water partition coefficient (Wildman–Crippen LogP) is 2.91. The van der Waals surface area contributed by atoms with Crippen LogP contribution in [0.25, 0.3) is 0 Å². The minimum Gasteiger partial charge on any atom is -0.382 e. The molecule has 0 aliphatic carbocycles. The number of allylic oxidation sites excluding steroid dienone is 1. The van der Waals surface area contributed by atoms with Crippen LogP contribution in [-0.4, -0.2) is 64.5 Å². The Morgan fingerprint density at radius 3 is 2.64 bits per heavy atom. The van der Waals surface area contributed by atoms with Crippen molar-refractivity contribution in [1.82, 2.24) is 10.2 Å². The molecule has 6 heteroatoms. The normalized spacial score (nSPS) is 11.0. The van der Waals surface area contributed by atoms with Gasteiger partial charge in [0, 0.05) is 27.2 Å². The number of ether oxygens (including phenoxy) is 2. The Bertz CT molecular complexity index is 276. The van der Waals surface area contributed by atoms with Crippen molar-refractivity contribution in [2.24, 2.45) is 4.99 Å². The summed E-state index contributed by atoms with van der Waals surface area (Å²) in [6.07, 6.45) is 6.73. The van der Waals surface area contributed by atoms with Crippen molar-refractivity contribution in [3.8, 4) is 0 Å². The molecule has 0 bridgehead atoms. The number of nitrogens with one attached hydrogen (secondary N) is 1. The number of aliphatic imine (C=N–C) groups is 1. The zero-order valence-electron chi connectivity index (χ0n) is 14.5. The van der Waals surface area contributed by atoms with Crippen LogP contribution in [0.15, 0.2) is 17.6 Å². The molecule has 0 atom stereocenters. The van der Waals surface area contributed by atoms with E-state index in [4.69, 9.17) is 9.47 Å². The molecule has 0 spiro atoms. The van der Waals surface area contributed by atoms with Crippen LogP contribution >= 0.6 is 24.0 Å². The summed E-state index contributed by atoms with van der Waals surface area (Å²) in [6, 6.07) is 0. The van der Waals surface area contributed by atoms with E-state index in [1.165, 1.54) is 19.3 Å². The van der Waals surface area contributed by atoms with Gasteiger partial charge in [0.25, 0.3) is 0 Å². The van der Waals surface area contributed by atoms with Gasteiger partial charge in [0.15, 0.2) is 5.96 Å². The van der Waals surface area contributed by atoms with Gasteiger partial charge in [-0.2, -0.15) is 0 Å². The zero-order valence-corrected chi connectivity index (χ0v) is 16.8. The molecule has 0 saturated carbocycles. The molecular formula is C16H34IN3O2. The van der Waals surface area contributed by atoms with Crippen molar-refractivity contribution in [2.75, 3.05) is 53.6 Å². The van der Waals surface area contributed by atoms with E-state index in [9.17, 15) is 0 Å². The third-order valence-electron chi connectivity index (χ3n) is 3.03. The van der Waals surface area contributed by atoms with Gasteiger partial charge in [0.05, 0.1) is 26.4 Å². The van der Waals surface area contributed by atoms with Gasteiger partial charge in [-0.05, 0) is 26.2 Å². The lowest BCUT2D eigenvalue weighted by atomic mass is 10.2. The van der Waals surface area contributed by atoms with Crippen LogP contribution in [0.5, 0.6) is 0 Å². The Hall–Kier alpha value is -0.340. The maximum Gasteiger partial charge on any atom is 0.193 e. The minimum absolute atomic E-state index is 0. The van der Waals surface area contributed by atoms with E-state index >= 15 is 0 Å². The van der Waals surface area contributed by atoms with E-state index in [0.29, 0.717) is 26.4 Å². The first-order valence-corrected chi connectivity index (χ1v) is 7.93. The van der Waals surface area contributed by atoms with Crippen molar-refractivity contribution in [3.05, 3.63) is 12.7 Å². The summed E-state index contributed by atoms with van der Waals surface area (Å²) >= 11 is 0. The van der Waals surface area contributed by atoms with Gasteiger partial charge < -0.3 is 19.7 Å². The Kier molecular flexibility index (Phi) is 20.3. The Labute approximate surface area is 153 Å². The fourth-order valence-corrected chi connectivity index (χ4v) is 1.85. The molecule has 0 aromatic carbocycles. The molecule has 0 heterocycles. The molecule has 0 aromatic rings. The third kappa shape index (κ3) is 14.6. The monoisotopic (exact) mass is 427 g/mol. The van der Waals surface area contributed by atoms with Gasteiger partial charge in [0.1, 0.15) is 0 Å². The van der Waals surface area contributed by atoms with E-state index in [0.717, 1.165) is 25.5 Å². The van der Waals surface area contributed by atoms with E-state index in [2.05, 4.69) is 35.8 Å². The maximum atomic E-state index is 5.42. The molecule has 132 valence electrons. The highest BCUT2D eigenvalue weighted by molar-refractivity contribution is 14.0. The van der Waals surface area contributed by atoms with Crippen molar-refractivity contribution in [1.29, 1.82) is 0 Å². The van der Waals surface area contributed by atoms with Crippen LogP contribution in [-0.2, 0) is 9.47 Å². The van der Waals surface area contributed by atoms with E-state index < -0.39 is 0 Å². The molecule has 0 fully saturated rings. The van der Waals surface area contributed by atoms with Crippen LogP contribution in [0, 0.1) is 0 Å². The predicted molar refractivity (Wildman–Crippen MR) is 105 cm³/mol. The average molecular weight is 427 g/mol. The lowest BCUT2D eigenvalue weighted by Crippen LogP contribution is -2.39. The first-order chi connectivity index (χ1) is 10.3. The van der Waals surface area contributed by atoms with E-state index in [1.807, 2.05) is 6.08 Å². The number of guanidine groups is 1. The second-order valence-corrected chi connectivity index (χ2v) is 4.90. The summed E-state index contributed by atoms with van der Waals surface area (Å²) < 4.78 is 10.4. The number of rotatable bonds is 13. The van der Waals surface area contributed by atoms with Gasteiger partial charge in [-0.15, -0.1) is 30.6 Å². The van der Waals surface area contributed by atoms with Crippen molar-refractivity contribution < 1.29 is 9.47 Å². The standard InChI is InChI=1S/C16H33N3O2.HI/c1-5-7-8-9-10-12-19(3)16(17-6-2)18-11-13-21-15-14-20-4;/h5H,1,6-15H2,2-4H3,(H,17,18);1H. The fraction of sp³-hybridized carbons (Fsp3) is 0.812. The number of unbranched alkanes of at least 4 members (excludes halogenated alkanes) is 3. The van der Waals surface area contributed by atoms with Crippen molar-refractivity contribution >= 4 is 29.9 Å². The lowest BCUT2D eigenvalue weighted by Gasteiger charge is -2.22. The quantitative estimate of drug-likeness (QED) is 0.161. The number of methoxy groups -OCH3 is 1. The SMILES string of the molecule is C=CCCCCCN(C)C(=NCCOCCOC)NCC.I. The lowest BCUT2D eigenvalue weighted by molar-refractivity contribution is 0.0747. The summed E-state index contributed by atoms with van der Waals surface area (Å²) in [5.74, 6) is 0.955. The van der Waals surface area contributed by atoms with Crippen LogP contribution in [0.3, 0.4) is 0 Å². The van der Waals surface area contributed by atoms with Crippen molar-refractivity contribution in [2.45, 2.75) is 32.6 Å². The van der Waals surface area contributed by atoms with E-state index in [-0.39, 0.29) is 24.0 Å². The highest BCUT2D eigenvalue weighted by atomic mass is 127. The molecule has 5 nitrogen and oxygen atoms in total. The highest BCUT2D eigenvalue weighted by Crippen LogP contribution is 2.01. The highest BCUT2D eigenvalue weighted by Gasteiger charge is 2.04. The van der Waals surface area contributed by atoms with Gasteiger partial charge in [-0.25, -0.2) is 0 Å². The molecule has 0 aliphatic heterocycles. The van der Waals surface area contributed by atoms with Crippen LogP contribution in [0.1, 0.15) is 32.6 Å². The third-order valence-corrected chi connectivity index (χ3v) is 3.03. The minimum atomic E-state index is 0. The van der Waals surface area contributed by atoms with Crippen molar-refractivity contribution in [3.63, 3.8) is 0 Å². The topological polar surface area (TPSA) is 46.1 Å². The van der Waals surface area contributed by atoms with Gasteiger partial charge in [-0.3, -0.25) is 4.99 Å². The average Bonchev–Trinajstić information content (AvgIpc) is 2.49. The molecule has 0 amide bonds. The molecule has 1 N–H and O–H groups in total. The maximum absolute atomic E-state index is 5.42. The number of halogens is 1. The summed E-state index contributed by atoms with van der Waals surface area (Å²) in [6.45, 7) is 10.3. The van der Waals surface area contributed by atoms with Crippen LogP contribution in [0.2, 0.25) is 0 Å². The summed E-state index contributed by atoms with van der Waals surface area (Å²) in [7, 11) is 3.76. The molecule has 0 radical (unpaired) electrons. The fourth-order valence-electron chi connectivity index (χ4n) is 1.85. The van der Waals surface area contributed by atoms with Gasteiger partial charge >= 0.3 is 0 Å². The summed E-state index contributed by atoms with van der Waals surface area (Å²) in [5.41, 5.74) is 0. The Balaban J connectivity index is 0. The summed E-state index contributed by atoms with van der Waals surface area (Å²) in [5, 5.41) is 3.32. The second kappa shape index (κ2) is 18.7. The smallest absolute Gasteiger partial charge is 0.193 e.